The van der Waals surface area contributed by atoms with Crippen molar-refractivity contribution in [2.45, 2.75) is 115 Å². The van der Waals surface area contributed by atoms with Crippen LogP contribution in [0.2, 0.25) is 0 Å². The van der Waals surface area contributed by atoms with Gasteiger partial charge in [-0.1, -0.05) is 50.5 Å². The Morgan fingerprint density at radius 3 is 2.58 bits per heavy atom. The molecule has 0 radical (unpaired) electrons. The summed E-state index contributed by atoms with van der Waals surface area (Å²) in [5.74, 6) is 1.83. The zero-order valence-corrected chi connectivity index (χ0v) is 22.1. The van der Waals surface area contributed by atoms with Gasteiger partial charge in [-0.2, -0.15) is 0 Å². The summed E-state index contributed by atoms with van der Waals surface area (Å²) in [7, 11) is 0. The molecule has 2 saturated heterocycles. The molecule has 0 bridgehead atoms. The molecule has 2 aliphatic carbocycles. The summed E-state index contributed by atoms with van der Waals surface area (Å²) in [5.41, 5.74) is 2.45. The lowest BCUT2D eigenvalue weighted by molar-refractivity contribution is -0.193. The van der Waals surface area contributed by atoms with Gasteiger partial charge < -0.3 is 24.1 Å². The van der Waals surface area contributed by atoms with Gasteiger partial charge in [0.15, 0.2) is 12.6 Å². The van der Waals surface area contributed by atoms with E-state index in [1.165, 1.54) is 37.7 Å². The number of hydrogen-bond acceptors (Lipinski definition) is 5. The van der Waals surface area contributed by atoms with Crippen LogP contribution in [0, 0.1) is 17.8 Å². The summed E-state index contributed by atoms with van der Waals surface area (Å²) in [6, 6.07) is 6.02. The van der Waals surface area contributed by atoms with Crippen LogP contribution in [0.3, 0.4) is 0 Å². The number of benzene rings is 1. The Morgan fingerprint density at radius 2 is 1.83 bits per heavy atom. The van der Waals surface area contributed by atoms with Crippen LogP contribution in [0.4, 0.5) is 0 Å². The Morgan fingerprint density at radius 1 is 1.03 bits per heavy atom. The second-order valence-electron chi connectivity index (χ2n) is 11.4. The largest absolute Gasteiger partial charge is 0.508 e. The summed E-state index contributed by atoms with van der Waals surface area (Å²) in [6.45, 7) is 3.87. The maximum atomic E-state index is 10.5. The average Bonchev–Trinajstić information content (AvgIpc) is 3.23. The van der Waals surface area contributed by atoms with Gasteiger partial charge in [0.1, 0.15) is 5.75 Å². The van der Waals surface area contributed by atoms with Crippen LogP contribution in [0.15, 0.2) is 30.4 Å². The first kappa shape index (κ1) is 26.2. The van der Waals surface area contributed by atoms with Crippen LogP contribution in [-0.2, 0) is 31.8 Å². The highest BCUT2D eigenvalue weighted by Crippen LogP contribution is 2.48. The molecule has 200 valence electrons. The maximum absolute atomic E-state index is 10.5. The van der Waals surface area contributed by atoms with Crippen molar-refractivity contribution in [3.05, 3.63) is 41.5 Å². The summed E-state index contributed by atoms with van der Waals surface area (Å²) >= 11 is 0. The van der Waals surface area contributed by atoms with Crippen molar-refractivity contribution >= 4 is 0 Å². The monoisotopic (exact) mass is 498 g/mol. The van der Waals surface area contributed by atoms with E-state index in [0.29, 0.717) is 23.5 Å². The molecular formula is C31H46O5. The normalized spacial score (nSPS) is 33.4. The number of ether oxygens (including phenoxy) is 4. The molecule has 1 saturated carbocycles. The van der Waals surface area contributed by atoms with E-state index in [2.05, 4.69) is 25.1 Å². The second-order valence-corrected chi connectivity index (χ2v) is 11.4. The van der Waals surface area contributed by atoms with Crippen molar-refractivity contribution in [1.82, 2.24) is 0 Å². The predicted molar refractivity (Wildman–Crippen MR) is 141 cm³/mol. The second kappa shape index (κ2) is 12.9. The molecule has 1 aromatic carbocycles. The van der Waals surface area contributed by atoms with Gasteiger partial charge in [-0.15, -0.1) is 0 Å². The van der Waals surface area contributed by atoms with Gasteiger partial charge in [-0.3, -0.25) is 0 Å². The summed E-state index contributed by atoms with van der Waals surface area (Å²) in [6.07, 6.45) is 19.1. The minimum absolute atomic E-state index is 0.0708. The lowest BCUT2D eigenvalue weighted by Gasteiger charge is -2.32. The van der Waals surface area contributed by atoms with Crippen LogP contribution in [0.1, 0.15) is 88.7 Å². The number of rotatable bonds is 10. The number of fused-ring (bicyclic) bond motifs is 2. The molecule has 0 spiro atoms. The summed E-state index contributed by atoms with van der Waals surface area (Å²) < 4.78 is 25.1. The van der Waals surface area contributed by atoms with E-state index in [4.69, 9.17) is 18.9 Å². The zero-order chi connectivity index (χ0) is 24.7. The Hall–Kier alpha value is -1.40. The van der Waals surface area contributed by atoms with Gasteiger partial charge >= 0.3 is 0 Å². The first-order valence-electron chi connectivity index (χ1n) is 14.7. The van der Waals surface area contributed by atoms with E-state index < -0.39 is 0 Å². The van der Waals surface area contributed by atoms with Gasteiger partial charge in [0, 0.05) is 19.1 Å². The van der Waals surface area contributed by atoms with Crippen LogP contribution in [0.5, 0.6) is 5.75 Å². The fraction of sp³-hybridized carbons (Fsp3) is 0.742. The van der Waals surface area contributed by atoms with Crippen LogP contribution in [-0.4, -0.2) is 43.1 Å². The zero-order valence-electron chi connectivity index (χ0n) is 22.1. The molecular weight excluding hydrogens is 452 g/mol. The van der Waals surface area contributed by atoms with E-state index >= 15 is 0 Å². The molecule has 36 heavy (non-hydrogen) atoms. The molecule has 0 amide bonds. The van der Waals surface area contributed by atoms with Crippen molar-refractivity contribution in [2.75, 3.05) is 13.2 Å². The first-order valence-corrected chi connectivity index (χ1v) is 14.7. The highest BCUT2D eigenvalue weighted by Gasteiger charge is 2.46. The number of unbranched alkanes of at least 4 members (excludes halogenated alkanes) is 2. The van der Waals surface area contributed by atoms with Crippen molar-refractivity contribution in [1.29, 1.82) is 0 Å². The molecule has 1 aromatic rings. The minimum atomic E-state index is -0.0807. The Labute approximate surface area is 217 Å². The molecule has 5 rings (SSSR count). The highest BCUT2D eigenvalue weighted by molar-refractivity contribution is 5.42. The highest BCUT2D eigenvalue weighted by atomic mass is 16.7. The van der Waals surface area contributed by atoms with Gasteiger partial charge in [-0.25, -0.2) is 0 Å². The fourth-order valence-corrected chi connectivity index (χ4v) is 6.82. The number of aromatic hydroxyl groups is 1. The molecule has 2 aliphatic heterocycles. The third-order valence-corrected chi connectivity index (χ3v) is 8.80. The summed E-state index contributed by atoms with van der Waals surface area (Å²) in [5, 5.41) is 10.5. The van der Waals surface area contributed by atoms with Crippen LogP contribution >= 0.6 is 0 Å². The topological polar surface area (TPSA) is 57.2 Å². The maximum Gasteiger partial charge on any atom is 0.158 e. The fourth-order valence-electron chi connectivity index (χ4n) is 6.82. The van der Waals surface area contributed by atoms with E-state index in [0.717, 1.165) is 70.1 Å². The van der Waals surface area contributed by atoms with Gasteiger partial charge in [0.25, 0.3) is 0 Å². The Balaban J connectivity index is 1.33. The molecule has 4 aliphatic rings. The third-order valence-electron chi connectivity index (χ3n) is 8.80. The Kier molecular flexibility index (Phi) is 9.40. The number of phenols is 1. The summed E-state index contributed by atoms with van der Waals surface area (Å²) in [4.78, 5) is 0. The smallest absolute Gasteiger partial charge is 0.158 e. The molecule has 0 aromatic heterocycles. The van der Waals surface area contributed by atoms with E-state index in [-0.39, 0.29) is 24.8 Å². The van der Waals surface area contributed by atoms with Gasteiger partial charge in [0.2, 0.25) is 0 Å². The first-order chi connectivity index (χ1) is 17.7. The lowest BCUT2D eigenvalue weighted by Crippen LogP contribution is -2.32. The quantitative estimate of drug-likeness (QED) is 0.287. The Bertz CT molecular complexity index is 841. The average molecular weight is 499 g/mol. The molecule has 5 nitrogen and oxygen atoms in total. The van der Waals surface area contributed by atoms with E-state index in [9.17, 15) is 5.11 Å². The lowest BCUT2D eigenvalue weighted by atomic mass is 9.74. The van der Waals surface area contributed by atoms with E-state index in [1.807, 2.05) is 12.1 Å². The van der Waals surface area contributed by atoms with Crippen molar-refractivity contribution < 1.29 is 24.1 Å². The molecule has 2 heterocycles. The molecule has 7 atom stereocenters. The van der Waals surface area contributed by atoms with Crippen LogP contribution in [0.25, 0.3) is 0 Å². The SMILES string of the molecule is CCCCC[C@@H](C=C[C@@H]1[C@H]2Cc3cccc(O)c3C[C@H]2C[C@H]1OC1CCCCO1)OC1CCCCO1. The van der Waals surface area contributed by atoms with Crippen molar-refractivity contribution in [3.8, 4) is 5.75 Å². The molecule has 5 heteroatoms. The molecule has 1 N–H and O–H groups in total. The number of phenolic OH excluding ortho intramolecular Hbond substituents is 1. The van der Waals surface area contributed by atoms with Crippen LogP contribution < -0.4 is 0 Å². The van der Waals surface area contributed by atoms with Crippen molar-refractivity contribution in [3.63, 3.8) is 0 Å². The molecule has 3 fully saturated rings. The van der Waals surface area contributed by atoms with Crippen molar-refractivity contribution in [2.24, 2.45) is 17.8 Å². The third kappa shape index (κ3) is 6.53. The standard InChI is InChI=1S/C31H46O5/c1-2-3-4-11-24(35-30-13-5-7-17-33-30)15-16-25-26-19-22-10-9-12-28(32)27(22)20-23(26)21-29(25)36-31-14-6-8-18-34-31/h9-10,12,15-16,23-26,29-32H,2-8,11,13-14,17-21H2,1H3/t23-,24-,25+,26-,29+,30?,31?/m0/s1. The van der Waals surface area contributed by atoms with E-state index in [1.54, 1.807) is 0 Å². The predicted octanol–water partition coefficient (Wildman–Crippen LogP) is 6.70. The minimum Gasteiger partial charge on any atom is -0.508 e. The van der Waals surface area contributed by atoms with Gasteiger partial charge in [-0.05, 0) is 93.2 Å². The molecule has 2 unspecified atom stereocenters. The number of hydrogen-bond donors (Lipinski definition) is 1. The van der Waals surface area contributed by atoms with Gasteiger partial charge in [0.05, 0.1) is 12.2 Å².